The highest BCUT2D eigenvalue weighted by Crippen LogP contribution is 2.47. The highest BCUT2D eigenvalue weighted by atomic mass is 31.2. The van der Waals surface area contributed by atoms with E-state index < -0.39 is 29.1 Å². The lowest BCUT2D eigenvalue weighted by Crippen LogP contribution is -2.24. The van der Waals surface area contributed by atoms with Crippen molar-refractivity contribution in [1.82, 2.24) is 4.90 Å². The van der Waals surface area contributed by atoms with Gasteiger partial charge in [-0.3, -0.25) is 18.6 Å². The van der Waals surface area contributed by atoms with Crippen molar-refractivity contribution in [1.29, 1.82) is 0 Å². The van der Waals surface area contributed by atoms with Gasteiger partial charge in [0.05, 0.1) is 12.3 Å². The molecule has 0 fully saturated rings. The first-order chi connectivity index (χ1) is 15.2. The summed E-state index contributed by atoms with van der Waals surface area (Å²) in [6.45, 7) is 0.217. The summed E-state index contributed by atoms with van der Waals surface area (Å²) >= 11 is 0. The average Bonchev–Trinajstić information content (AvgIpc) is 2.65. The van der Waals surface area contributed by atoms with E-state index >= 15 is 0 Å². The zero-order valence-electron chi connectivity index (χ0n) is 18.3. The minimum Gasteiger partial charge on any atom is -0.399 e. The minimum absolute atomic E-state index is 0.0478. The number of hydrogen-bond donors (Lipinski definition) is 5. The smallest absolute Gasteiger partial charge is 0.339 e. The Bertz CT molecular complexity index is 1060. The first-order valence-corrected chi connectivity index (χ1v) is 15.0. The van der Waals surface area contributed by atoms with Crippen molar-refractivity contribution < 1.29 is 42.3 Å². The number of benzene rings is 2. The highest BCUT2D eigenvalue weighted by molar-refractivity contribution is 7.52. The molecule has 0 spiro atoms. The molecule has 0 aliphatic heterocycles. The maximum Gasteiger partial charge on any atom is 0.339 e. The molecule has 2 aromatic rings. The molecule has 0 saturated carbocycles. The summed E-state index contributed by atoms with van der Waals surface area (Å²) in [5, 5.41) is 0. The Morgan fingerprint density at radius 2 is 1.27 bits per heavy atom. The summed E-state index contributed by atoms with van der Waals surface area (Å²) in [7, 11) is -10.1. The normalized spacial score (nSPS) is 15.8. The van der Waals surface area contributed by atoms with Crippen LogP contribution in [-0.4, -0.2) is 45.0 Å². The molecule has 0 aromatic heterocycles. The van der Waals surface area contributed by atoms with Gasteiger partial charge in [-0.05, 0) is 34.4 Å². The Balaban J connectivity index is 2.42. The summed E-state index contributed by atoms with van der Waals surface area (Å²) in [5.74, 6) is 0. The van der Waals surface area contributed by atoms with Gasteiger partial charge in [0.2, 0.25) is 0 Å². The van der Waals surface area contributed by atoms with Crippen molar-refractivity contribution in [3.05, 3.63) is 64.7 Å². The summed E-state index contributed by atoms with van der Waals surface area (Å²) in [4.78, 5) is 40.3. The number of anilines is 1. The van der Waals surface area contributed by atoms with Crippen molar-refractivity contribution in [2.75, 3.05) is 26.2 Å². The molecule has 0 aliphatic carbocycles. The van der Waals surface area contributed by atoms with E-state index in [1.165, 1.54) is 11.0 Å². The van der Waals surface area contributed by atoms with E-state index in [0.717, 1.165) is 19.8 Å². The van der Waals surface area contributed by atoms with Crippen LogP contribution in [0.15, 0.2) is 42.5 Å². The molecule has 0 bridgehead atoms. The predicted octanol–water partition coefficient (Wildman–Crippen LogP) is 3.07. The quantitative estimate of drug-likeness (QED) is 0.204. The molecule has 6 N–H and O–H groups in total. The third-order valence-electron chi connectivity index (χ3n) is 4.60. The van der Waals surface area contributed by atoms with E-state index in [1.54, 1.807) is 36.4 Å². The third kappa shape index (κ3) is 10.2. The molecule has 2 rings (SSSR count). The second kappa shape index (κ2) is 11.4. The fourth-order valence-corrected chi connectivity index (χ4v) is 5.60. The van der Waals surface area contributed by atoms with Crippen LogP contribution in [0.25, 0.3) is 0 Å². The van der Waals surface area contributed by atoms with Gasteiger partial charge in [-0.2, -0.15) is 0 Å². The molecule has 0 heterocycles. The zero-order chi connectivity index (χ0) is 24.9. The Labute approximate surface area is 192 Å². The van der Waals surface area contributed by atoms with E-state index in [2.05, 4.69) is 9.05 Å². The van der Waals surface area contributed by atoms with E-state index in [4.69, 9.17) is 5.73 Å². The summed E-state index contributed by atoms with van der Waals surface area (Å²) in [6.07, 6.45) is -1.24. The molecule has 2 atom stereocenters. The topological polar surface area (TPSA) is 180 Å². The fourth-order valence-electron chi connectivity index (χ4n) is 3.33. The third-order valence-corrected chi connectivity index (χ3v) is 8.03. The standard InChI is InChI=1S/C19H29N2O9P3/c1-29-32(25,26)12-17-6-16(7-18(8-17)13-33(27,28)30-2)11-21(14-31(22,23)24)10-15-4-3-5-19(20)9-15/h3-9H,10-14,20H2,1-2H3,(H,25,26)(H,27,28)(H2,22,23,24). The van der Waals surface area contributed by atoms with Gasteiger partial charge in [0.1, 0.15) is 6.29 Å². The molecular weight excluding hydrogens is 493 g/mol. The molecular formula is C19H29N2O9P3. The molecule has 0 aliphatic rings. The maximum absolute atomic E-state index is 12.1. The number of nitrogens with zero attached hydrogens (tertiary/aromatic N) is 1. The summed E-state index contributed by atoms with van der Waals surface area (Å²) in [5.41, 5.74) is 8.29. The van der Waals surface area contributed by atoms with Crippen LogP contribution in [0, 0.1) is 0 Å². The summed E-state index contributed by atoms with van der Waals surface area (Å²) < 4.78 is 45.2. The maximum atomic E-state index is 12.1. The summed E-state index contributed by atoms with van der Waals surface area (Å²) in [6, 6.07) is 11.6. The molecule has 184 valence electrons. The Kier molecular flexibility index (Phi) is 9.62. The van der Waals surface area contributed by atoms with Crippen LogP contribution in [0.1, 0.15) is 22.3 Å². The Hall–Kier alpha value is -1.35. The van der Waals surface area contributed by atoms with Crippen molar-refractivity contribution in [3.8, 4) is 0 Å². The molecule has 0 radical (unpaired) electrons. The lowest BCUT2D eigenvalue weighted by molar-refractivity contribution is 0.263. The Morgan fingerprint density at radius 3 is 1.73 bits per heavy atom. The van der Waals surface area contributed by atoms with Crippen molar-refractivity contribution in [2.45, 2.75) is 25.4 Å². The second-order valence-corrected chi connectivity index (χ2v) is 13.2. The van der Waals surface area contributed by atoms with Crippen molar-refractivity contribution in [3.63, 3.8) is 0 Å². The van der Waals surface area contributed by atoms with Gasteiger partial charge in [-0.1, -0.05) is 30.3 Å². The molecule has 2 aromatic carbocycles. The van der Waals surface area contributed by atoms with Crippen LogP contribution in [0.4, 0.5) is 5.69 Å². The van der Waals surface area contributed by atoms with Gasteiger partial charge in [-0.25, -0.2) is 0 Å². The van der Waals surface area contributed by atoms with Gasteiger partial charge in [0.15, 0.2) is 0 Å². The zero-order valence-corrected chi connectivity index (χ0v) is 21.0. The van der Waals surface area contributed by atoms with Crippen LogP contribution in [0.2, 0.25) is 0 Å². The van der Waals surface area contributed by atoms with Gasteiger partial charge in [0.25, 0.3) is 0 Å². The van der Waals surface area contributed by atoms with Crippen LogP contribution >= 0.6 is 22.8 Å². The lowest BCUT2D eigenvalue weighted by Gasteiger charge is -2.24. The minimum atomic E-state index is -4.42. The van der Waals surface area contributed by atoms with Crippen molar-refractivity contribution in [2.24, 2.45) is 0 Å². The lowest BCUT2D eigenvalue weighted by atomic mass is 10.1. The van der Waals surface area contributed by atoms with Crippen LogP contribution in [-0.2, 0) is 48.2 Å². The van der Waals surface area contributed by atoms with Gasteiger partial charge < -0.3 is 34.4 Å². The first kappa shape index (κ1) is 27.9. The van der Waals surface area contributed by atoms with Gasteiger partial charge >= 0.3 is 22.8 Å². The number of nitrogens with two attached hydrogens (primary N) is 1. The highest BCUT2D eigenvalue weighted by Gasteiger charge is 2.24. The van der Waals surface area contributed by atoms with E-state index in [0.29, 0.717) is 22.4 Å². The number of nitrogen functional groups attached to an aromatic ring is 1. The first-order valence-electron chi connectivity index (χ1n) is 9.68. The Morgan fingerprint density at radius 1 is 0.788 bits per heavy atom. The molecule has 2 unspecified atom stereocenters. The second-order valence-electron chi connectivity index (χ2n) is 7.65. The molecule has 14 heteroatoms. The SMILES string of the molecule is COP(=O)(O)Cc1cc(CN(Cc2cccc(N)c2)CP(=O)(O)O)cc(CP(=O)(O)OC)c1. The predicted molar refractivity (Wildman–Crippen MR) is 125 cm³/mol. The monoisotopic (exact) mass is 522 g/mol. The largest absolute Gasteiger partial charge is 0.399 e. The molecule has 11 nitrogen and oxygen atoms in total. The van der Waals surface area contributed by atoms with Gasteiger partial charge in [-0.15, -0.1) is 0 Å². The number of hydrogen-bond acceptors (Lipinski definition) is 7. The van der Waals surface area contributed by atoms with Crippen LogP contribution < -0.4 is 5.73 Å². The van der Waals surface area contributed by atoms with E-state index in [1.807, 2.05) is 0 Å². The van der Waals surface area contributed by atoms with E-state index in [-0.39, 0.29) is 25.4 Å². The van der Waals surface area contributed by atoms with Crippen LogP contribution in [0.3, 0.4) is 0 Å². The van der Waals surface area contributed by atoms with Crippen LogP contribution in [0.5, 0.6) is 0 Å². The molecule has 0 saturated heterocycles. The fraction of sp³-hybridized carbons (Fsp3) is 0.368. The van der Waals surface area contributed by atoms with E-state index in [9.17, 15) is 33.3 Å². The molecule has 33 heavy (non-hydrogen) atoms. The average molecular weight is 522 g/mol. The van der Waals surface area contributed by atoms with Crippen molar-refractivity contribution >= 4 is 28.5 Å². The molecule has 0 amide bonds. The van der Waals surface area contributed by atoms with Gasteiger partial charge in [0, 0.05) is 33.0 Å². The number of rotatable bonds is 12.